The monoisotopic (exact) mass is 333 g/mol. The number of halogens is 3. The van der Waals surface area contributed by atoms with Crippen molar-refractivity contribution in [2.75, 3.05) is 0 Å². The maximum absolute atomic E-state index is 6.14. The van der Waals surface area contributed by atoms with Crippen LogP contribution in [0.1, 0.15) is 5.56 Å². The molecule has 0 atom stereocenters. The van der Waals surface area contributed by atoms with Gasteiger partial charge in [0.25, 0.3) is 0 Å². The van der Waals surface area contributed by atoms with Crippen molar-refractivity contribution >= 4 is 54.4 Å². The molecule has 0 unspecified atom stereocenters. The Balaban J connectivity index is 2.94. The Labute approximate surface area is 104 Å². The number of rotatable bonds is 0. The van der Waals surface area contributed by atoms with Gasteiger partial charge in [-0.25, -0.2) is 0 Å². The van der Waals surface area contributed by atoms with Crippen molar-refractivity contribution in [3.8, 4) is 0 Å². The molecule has 1 heterocycles. The summed E-state index contributed by atoms with van der Waals surface area (Å²) >= 11 is 13.0. The van der Waals surface area contributed by atoms with E-state index in [1.165, 1.54) is 0 Å². The van der Waals surface area contributed by atoms with Crippen molar-refractivity contribution in [2.24, 2.45) is 0 Å². The number of hydrogen-bond donors (Lipinski definition) is 0. The van der Waals surface area contributed by atoms with E-state index in [2.05, 4.69) is 36.8 Å². The van der Waals surface area contributed by atoms with Crippen LogP contribution in [0, 0.1) is 6.92 Å². The van der Waals surface area contributed by atoms with Crippen molar-refractivity contribution in [1.29, 1.82) is 0 Å². The van der Waals surface area contributed by atoms with E-state index in [4.69, 9.17) is 11.6 Å². The fourth-order valence-electron chi connectivity index (χ4n) is 1.28. The third kappa shape index (κ3) is 1.58. The SMILES string of the molecule is Cc1ccc2c(Cl)c(Br)cnc2c1Br. The van der Waals surface area contributed by atoms with Crippen LogP contribution in [-0.2, 0) is 0 Å². The fourth-order valence-corrected chi connectivity index (χ4v) is 2.24. The van der Waals surface area contributed by atoms with Gasteiger partial charge < -0.3 is 0 Å². The van der Waals surface area contributed by atoms with Gasteiger partial charge in [-0.15, -0.1) is 0 Å². The van der Waals surface area contributed by atoms with Gasteiger partial charge in [0.1, 0.15) is 0 Å². The molecule has 0 N–H and O–H groups in total. The Morgan fingerprint density at radius 2 is 2.00 bits per heavy atom. The van der Waals surface area contributed by atoms with Gasteiger partial charge in [0.05, 0.1) is 15.0 Å². The van der Waals surface area contributed by atoms with Gasteiger partial charge in [-0.3, -0.25) is 4.98 Å². The first-order valence-corrected chi connectivity index (χ1v) is 5.96. The van der Waals surface area contributed by atoms with Crippen molar-refractivity contribution in [2.45, 2.75) is 6.92 Å². The van der Waals surface area contributed by atoms with Crippen LogP contribution in [-0.4, -0.2) is 4.98 Å². The summed E-state index contributed by atoms with van der Waals surface area (Å²) in [6, 6.07) is 4.00. The lowest BCUT2D eigenvalue weighted by molar-refractivity contribution is 1.35. The van der Waals surface area contributed by atoms with E-state index in [0.717, 1.165) is 25.4 Å². The van der Waals surface area contributed by atoms with E-state index in [1.807, 2.05) is 19.1 Å². The Morgan fingerprint density at radius 1 is 1.29 bits per heavy atom. The Hall–Kier alpha value is -0.120. The summed E-state index contributed by atoms with van der Waals surface area (Å²) in [6.45, 7) is 2.03. The molecule has 2 aromatic rings. The number of aryl methyl sites for hydroxylation is 1. The van der Waals surface area contributed by atoms with E-state index in [0.29, 0.717) is 5.02 Å². The molecule has 0 fully saturated rings. The number of aromatic nitrogens is 1. The normalized spacial score (nSPS) is 10.9. The predicted molar refractivity (Wildman–Crippen MR) is 66.9 cm³/mol. The lowest BCUT2D eigenvalue weighted by Crippen LogP contribution is -1.85. The van der Waals surface area contributed by atoms with Crippen LogP contribution >= 0.6 is 43.5 Å². The highest BCUT2D eigenvalue weighted by atomic mass is 79.9. The zero-order valence-electron chi connectivity index (χ0n) is 7.31. The van der Waals surface area contributed by atoms with Crippen LogP contribution in [0.3, 0.4) is 0 Å². The van der Waals surface area contributed by atoms with Gasteiger partial charge in [-0.05, 0) is 44.3 Å². The first kappa shape index (κ1) is 10.4. The van der Waals surface area contributed by atoms with Gasteiger partial charge in [0.2, 0.25) is 0 Å². The summed E-state index contributed by atoms with van der Waals surface area (Å²) in [7, 11) is 0. The van der Waals surface area contributed by atoms with Crippen LogP contribution in [0.4, 0.5) is 0 Å². The van der Waals surface area contributed by atoms with Crippen molar-refractivity contribution < 1.29 is 0 Å². The molecule has 0 spiro atoms. The van der Waals surface area contributed by atoms with Gasteiger partial charge in [0.15, 0.2) is 0 Å². The molecule has 4 heteroatoms. The minimum atomic E-state index is 0.704. The zero-order chi connectivity index (χ0) is 10.3. The molecular formula is C10H6Br2ClN. The molecule has 1 aromatic heterocycles. The van der Waals surface area contributed by atoms with Gasteiger partial charge in [-0.2, -0.15) is 0 Å². The predicted octanol–water partition coefficient (Wildman–Crippen LogP) is 4.72. The van der Waals surface area contributed by atoms with Gasteiger partial charge in [0, 0.05) is 16.1 Å². The molecule has 1 nitrogen and oxygen atoms in total. The molecule has 14 heavy (non-hydrogen) atoms. The summed E-state index contributed by atoms with van der Waals surface area (Å²) in [4.78, 5) is 4.32. The van der Waals surface area contributed by atoms with Gasteiger partial charge >= 0.3 is 0 Å². The maximum Gasteiger partial charge on any atom is 0.0862 e. The molecule has 0 saturated heterocycles. The fraction of sp³-hybridized carbons (Fsp3) is 0.100. The second-order valence-corrected chi connectivity index (χ2v) is 5.04. The molecule has 72 valence electrons. The summed E-state index contributed by atoms with van der Waals surface area (Å²) in [6.07, 6.45) is 1.72. The molecule has 0 amide bonds. The van der Waals surface area contributed by atoms with Crippen LogP contribution in [0.2, 0.25) is 5.02 Å². The first-order chi connectivity index (χ1) is 6.61. The molecule has 0 aliphatic carbocycles. The summed E-state index contributed by atoms with van der Waals surface area (Å²) in [5.74, 6) is 0. The summed E-state index contributed by atoms with van der Waals surface area (Å²) in [5.41, 5.74) is 2.06. The molecule has 0 bridgehead atoms. The lowest BCUT2D eigenvalue weighted by Gasteiger charge is -2.05. The average Bonchev–Trinajstić information content (AvgIpc) is 2.17. The maximum atomic E-state index is 6.14. The van der Waals surface area contributed by atoms with Crippen LogP contribution < -0.4 is 0 Å². The van der Waals surface area contributed by atoms with Crippen LogP contribution in [0.25, 0.3) is 10.9 Å². The minimum Gasteiger partial charge on any atom is -0.254 e. The number of fused-ring (bicyclic) bond motifs is 1. The molecule has 0 radical (unpaired) electrons. The average molecular weight is 335 g/mol. The minimum absolute atomic E-state index is 0.704. The van der Waals surface area contributed by atoms with E-state index >= 15 is 0 Å². The number of hydrogen-bond acceptors (Lipinski definition) is 1. The third-order valence-corrected chi connectivity index (χ3v) is 4.30. The largest absolute Gasteiger partial charge is 0.254 e. The number of nitrogens with zero attached hydrogens (tertiary/aromatic N) is 1. The molecule has 0 saturated carbocycles. The van der Waals surface area contributed by atoms with Crippen molar-refractivity contribution in [3.05, 3.63) is 37.9 Å². The Bertz CT molecular complexity index is 464. The molecule has 0 aliphatic rings. The summed E-state index contributed by atoms with van der Waals surface area (Å²) in [5, 5.41) is 1.66. The van der Waals surface area contributed by atoms with Crippen LogP contribution in [0.5, 0.6) is 0 Å². The lowest BCUT2D eigenvalue weighted by atomic mass is 10.1. The van der Waals surface area contributed by atoms with Crippen molar-refractivity contribution in [1.82, 2.24) is 4.98 Å². The van der Waals surface area contributed by atoms with Crippen molar-refractivity contribution in [3.63, 3.8) is 0 Å². The Kier molecular flexibility index (Phi) is 2.82. The molecular weight excluding hydrogens is 329 g/mol. The Morgan fingerprint density at radius 3 is 2.71 bits per heavy atom. The number of pyridine rings is 1. The zero-order valence-corrected chi connectivity index (χ0v) is 11.2. The first-order valence-electron chi connectivity index (χ1n) is 4.00. The smallest absolute Gasteiger partial charge is 0.0862 e. The standard InChI is InChI=1S/C10H6Br2ClN/c1-5-2-3-6-9(13)7(11)4-14-10(6)8(5)12/h2-4H,1H3. The van der Waals surface area contributed by atoms with E-state index < -0.39 is 0 Å². The number of benzene rings is 1. The summed E-state index contributed by atoms with van der Waals surface area (Å²) < 4.78 is 1.83. The van der Waals surface area contributed by atoms with Gasteiger partial charge in [-0.1, -0.05) is 23.7 Å². The second-order valence-electron chi connectivity index (χ2n) is 3.01. The van der Waals surface area contributed by atoms with Crippen LogP contribution in [0.15, 0.2) is 27.3 Å². The highest BCUT2D eigenvalue weighted by molar-refractivity contribution is 9.11. The molecule has 2 rings (SSSR count). The van der Waals surface area contributed by atoms with E-state index in [9.17, 15) is 0 Å². The highest BCUT2D eigenvalue weighted by Crippen LogP contribution is 2.33. The second kappa shape index (κ2) is 3.80. The molecule has 1 aromatic carbocycles. The topological polar surface area (TPSA) is 12.9 Å². The highest BCUT2D eigenvalue weighted by Gasteiger charge is 2.08. The third-order valence-electron chi connectivity index (χ3n) is 2.06. The quantitative estimate of drug-likeness (QED) is 0.679. The van der Waals surface area contributed by atoms with E-state index in [-0.39, 0.29) is 0 Å². The van der Waals surface area contributed by atoms with E-state index in [1.54, 1.807) is 6.20 Å². The molecule has 0 aliphatic heterocycles.